The molecular formula is C13H17FN2OS. The van der Waals surface area contributed by atoms with E-state index in [4.69, 9.17) is 0 Å². The first-order valence-corrected chi connectivity index (χ1v) is 6.49. The number of hydrogen-bond acceptors (Lipinski definition) is 3. The number of likely N-dealkylation sites (N-methyl/N-ethyl adjacent to an activating group) is 1. The van der Waals surface area contributed by atoms with Crippen LogP contribution in [0.4, 0.5) is 4.39 Å². The summed E-state index contributed by atoms with van der Waals surface area (Å²) in [4.78, 5) is 14.3. The van der Waals surface area contributed by atoms with Crippen molar-refractivity contribution in [1.82, 2.24) is 10.2 Å². The zero-order valence-electron chi connectivity index (χ0n) is 10.3. The van der Waals surface area contributed by atoms with E-state index in [0.29, 0.717) is 18.2 Å². The van der Waals surface area contributed by atoms with Crippen molar-refractivity contribution >= 4 is 18.5 Å². The highest BCUT2D eigenvalue weighted by Gasteiger charge is 2.21. The molecule has 18 heavy (non-hydrogen) atoms. The van der Waals surface area contributed by atoms with E-state index >= 15 is 0 Å². The normalized spacial score (nSPS) is 20.1. The SMILES string of the molecule is CN1CCCC1CNC(=O)c1ccc(F)c(S)c1. The van der Waals surface area contributed by atoms with Crippen molar-refractivity contribution in [3.05, 3.63) is 29.6 Å². The fraction of sp³-hybridized carbons (Fsp3) is 0.462. The van der Waals surface area contributed by atoms with Crippen molar-refractivity contribution < 1.29 is 9.18 Å². The first-order chi connectivity index (χ1) is 8.58. The lowest BCUT2D eigenvalue weighted by atomic mass is 10.2. The van der Waals surface area contributed by atoms with Gasteiger partial charge in [-0.3, -0.25) is 4.79 Å². The molecule has 1 aliphatic heterocycles. The van der Waals surface area contributed by atoms with E-state index in [1.54, 1.807) is 0 Å². The number of halogens is 1. The fourth-order valence-electron chi connectivity index (χ4n) is 2.20. The molecule has 1 atom stereocenters. The Labute approximate surface area is 112 Å². The number of nitrogens with one attached hydrogen (secondary N) is 1. The lowest BCUT2D eigenvalue weighted by Crippen LogP contribution is -2.38. The lowest BCUT2D eigenvalue weighted by molar-refractivity contribution is 0.0943. The molecule has 0 aromatic heterocycles. The van der Waals surface area contributed by atoms with E-state index in [0.717, 1.165) is 13.0 Å². The van der Waals surface area contributed by atoms with Crippen molar-refractivity contribution in [2.45, 2.75) is 23.8 Å². The van der Waals surface area contributed by atoms with Crippen LogP contribution in [0.3, 0.4) is 0 Å². The van der Waals surface area contributed by atoms with Crippen LogP contribution in [-0.4, -0.2) is 37.0 Å². The summed E-state index contributed by atoms with van der Waals surface area (Å²) < 4.78 is 13.0. The quantitative estimate of drug-likeness (QED) is 0.821. The van der Waals surface area contributed by atoms with Crippen LogP contribution in [0.2, 0.25) is 0 Å². The summed E-state index contributed by atoms with van der Waals surface area (Å²) in [5, 5.41) is 2.88. The van der Waals surface area contributed by atoms with Gasteiger partial charge in [0.2, 0.25) is 0 Å². The molecule has 2 rings (SSSR count). The van der Waals surface area contributed by atoms with Crippen molar-refractivity contribution in [2.75, 3.05) is 20.1 Å². The summed E-state index contributed by atoms with van der Waals surface area (Å²) in [5.74, 6) is -0.587. The van der Waals surface area contributed by atoms with Crippen LogP contribution in [0, 0.1) is 5.82 Å². The largest absolute Gasteiger partial charge is 0.350 e. The summed E-state index contributed by atoms with van der Waals surface area (Å²) in [7, 11) is 2.06. The molecule has 1 amide bonds. The summed E-state index contributed by atoms with van der Waals surface area (Å²) in [5.41, 5.74) is 0.446. The van der Waals surface area contributed by atoms with Gasteiger partial charge in [-0.1, -0.05) is 0 Å². The minimum Gasteiger partial charge on any atom is -0.350 e. The minimum atomic E-state index is -0.412. The van der Waals surface area contributed by atoms with Gasteiger partial charge in [-0.15, -0.1) is 12.6 Å². The molecular weight excluding hydrogens is 251 g/mol. The molecule has 1 unspecified atom stereocenters. The summed E-state index contributed by atoms with van der Waals surface area (Å²) >= 11 is 3.97. The standard InChI is InChI=1S/C13H17FN2OS/c1-16-6-2-3-10(16)8-15-13(17)9-4-5-11(14)12(18)7-9/h4-5,7,10,18H,2-3,6,8H2,1H3,(H,15,17). The number of rotatable bonds is 3. The Kier molecular flexibility index (Phi) is 4.24. The molecule has 5 heteroatoms. The van der Waals surface area contributed by atoms with Crippen LogP contribution in [0.25, 0.3) is 0 Å². The Balaban J connectivity index is 1.93. The molecule has 1 heterocycles. The van der Waals surface area contributed by atoms with Crippen LogP contribution < -0.4 is 5.32 Å². The highest BCUT2D eigenvalue weighted by Crippen LogP contribution is 2.15. The molecule has 98 valence electrons. The van der Waals surface area contributed by atoms with Crippen LogP contribution in [-0.2, 0) is 0 Å². The van der Waals surface area contributed by atoms with Gasteiger partial charge in [0.05, 0.1) is 0 Å². The monoisotopic (exact) mass is 268 g/mol. The summed E-state index contributed by atoms with van der Waals surface area (Å²) in [6.45, 7) is 1.71. The number of nitrogens with zero attached hydrogens (tertiary/aromatic N) is 1. The first kappa shape index (κ1) is 13.4. The maximum atomic E-state index is 13.0. The van der Waals surface area contributed by atoms with Crippen molar-refractivity contribution in [1.29, 1.82) is 0 Å². The smallest absolute Gasteiger partial charge is 0.251 e. The molecule has 3 nitrogen and oxygen atoms in total. The Hall–Kier alpha value is -1.07. The van der Waals surface area contributed by atoms with E-state index in [1.807, 2.05) is 0 Å². The zero-order valence-corrected chi connectivity index (χ0v) is 11.2. The number of benzene rings is 1. The second-order valence-electron chi connectivity index (χ2n) is 4.65. The number of thiol groups is 1. The molecule has 1 fully saturated rings. The average Bonchev–Trinajstić information content (AvgIpc) is 2.75. The summed E-state index contributed by atoms with van der Waals surface area (Å²) in [6.07, 6.45) is 2.28. The predicted molar refractivity (Wildman–Crippen MR) is 71.6 cm³/mol. The topological polar surface area (TPSA) is 32.3 Å². The third-order valence-corrected chi connectivity index (χ3v) is 3.72. The lowest BCUT2D eigenvalue weighted by Gasteiger charge is -2.19. The molecule has 0 bridgehead atoms. The van der Waals surface area contributed by atoms with E-state index < -0.39 is 5.82 Å². The third kappa shape index (κ3) is 3.03. The molecule has 0 aliphatic carbocycles. The predicted octanol–water partition coefficient (Wildman–Crippen LogP) is 1.94. The van der Waals surface area contributed by atoms with Gasteiger partial charge >= 0.3 is 0 Å². The fourth-order valence-corrected chi connectivity index (χ4v) is 2.42. The number of carbonyl (C=O) groups excluding carboxylic acids is 1. The number of hydrogen-bond donors (Lipinski definition) is 2. The number of carbonyl (C=O) groups is 1. The van der Waals surface area contributed by atoms with Crippen molar-refractivity contribution in [2.24, 2.45) is 0 Å². The third-order valence-electron chi connectivity index (χ3n) is 3.38. The number of amides is 1. The Morgan fingerprint density at radius 2 is 2.39 bits per heavy atom. The minimum absolute atomic E-state index is 0.175. The van der Waals surface area contributed by atoms with Gasteiger partial charge in [0.1, 0.15) is 5.82 Å². The highest BCUT2D eigenvalue weighted by atomic mass is 32.1. The van der Waals surface area contributed by atoms with Gasteiger partial charge in [0, 0.05) is 23.0 Å². The second kappa shape index (κ2) is 5.71. The first-order valence-electron chi connectivity index (χ1n) is 6.05. The molecule has 1 saturated heterocycles. The van der Waals surface area contributed by atoms with E-state index in [9.17, 15) is 9.18 Å². The van der Waals surface area contributed by atoms with E-state index in [2.05, 4.69) is 29.9 Å². The maximum Gasteiger partial charge on any atom is 0.251 e. The Morgan fingerprint density at radius 1 is 1.61 bits per heavy atom. The van der Waals surface area contributed by atoms with Gasteiger partial charge in [0.15, 0.2) is 0 Å². The van der Waals surface area contributed by atoms with Gasteiger partial charge in [-0.25, -0.2) is 4.39 Å². The molecule has 0 saturated carbocycles. The van der Waals surface area contributed by atoms with E-state index in [-0.39, 0.29) is 10.8 Å². The highest BCUT2D eigenvalue weighted by molar-refractivity contribution is 7.80. The van der Waals surface area contributed by atoms with Crippen molar-refractivity contribution in [3.8, 4) is 0 Å². The summed E-state index contributed by atoms with van der Waals surface area (Å²) in [6, 6.07) is 4.60. The molecule has 1 aromatic carbocycles. The van der Waals surface area contributed by atoms with Gasteiger partial charge < -0.3 is 10.2 Å². The van der Waals surface area contributed by atoms with Crippen LogP contribution in [0.1, 0.15) is 23.2 Å². The van der Waals surface area contributed by atoms with Crippen LogP contribution in [0.5, 0.6) is 0 Å². The maximum absolute atomic E-state index is 13.0. The zero-order chi connectivity index (χ0) is 13.1. The molecule has 1 aliphatic rings. The van der Waals surface area contributed by atoms with Crippen molar-refractivity contribution in [3.63, 3.8) is 0 Å². The van der Waals surface area contributed by atoms with E-state index in [1.165, 1.54) is 24.6 Å². The average molecular weight is 268 g/mol. The number of likely N-dealkylation sites (tertiary alicyclic amines) is 1. The molecule has 1 N–H and O–H groups in total. The van der Waals surface area contributed by atoms with Crippen LogP contribution in [0.15, 0.2) is 23.1 Å². The second-order valence-corrected chi connectivity index (χ2v) is 5.13. The molecule has 0 radical (unpaired) electrons. The van der Waals surface area contributed by atoms with Gasteiger partial charge in [-0.05, 0) is 44.6 Å². The van der Waals surface area contributed by atoms with Crippen LogP contribution >= 0.6 is 12.6 Å². The van der Waals surface area contributed by atoms with Gasteiger partial charge in [-0.2, -0.15) is 0 Å². The Morgan fingerprint density at radius 3 is 3.00 bits per heavy atom. The molecule has 1 aromatic rings. The van der Waals surface area contributed by atoms with Gasteiger partial charge in [0.25, 0.3) is 5.91 Å². The molecule has 0 spiro atoms. The Bertz CT molecular complexity index is 453.